The first-order chi connectivity index (χ1) is 18.0. The SMILES string of the molecule is O=C1NC(=O)N(c2ccc(Cl)c(Cl)c2)C(=O)/C1=C/c1cc(Cl)ccc1Oc1ccc([N+](=O)[O-])cc1[N+](=O)[O-]. The van der Waals surface area contributed by atoms with Crippen molar-refractivity contribution in [3.05, 3.63) is 101 Å². The van der Waals surface area contributed by atoms with Crippen LogP contribution in [0.1, 0.15) is 5.56 Å². The van der Waals surface area contributed by atoms with Crippen LogP contribution in [0.3, 0.4) is 0 Å². The number of hydrogen-bond donors (Lipinski definition) is 1. The highest BCUT2D eigenvalue weighted by atomic mass is 35.5. The van der Waals surface area contributed by atoms with Gasteiger partial charge in [-0.25, -0.2) is 9.69 Å². The molecule has 4 amide bonds. The number of non-ortho nitro benzene ring substituents is 1. The molecule has 0 bridgehead atoms. The highest BCUT2D eigenvalue weighted by Crippen LogP contribution is 2.37. The Hall–Kier alpha value is -4.52. The first-order valence-corrected chi connectivity index (χ1v) is 11.4. The van der Waals surface area contributed by atoms with Gasteiger partial charge in [-0.1, -0.05) is 34.8 Å². The minimum Gasteiger partial charge on any atom is -0.449 e. The van der Waals surface area contributed by atoms with E-state index in [1.165, 1.54) is 36.4 Å². The number of barbiturate groups is 1. The molecule has 0 aliphatic carbocycles. The Morgan fingerprint density at radius 2 is 1.55 bits per heavy atom. The smallest absolute Gasteiger partial charge is 0.335 e. The van der Waals surface area contributed by atoms with Crippen molar-refractivity contribution >= 4 is 75.8 Å². The largest absolute Gasteiger partial charge is 0.449 e. The van der Waals surface area contributed by atoms with E-state index in [1.807, 2.05) is 5.32 Å². The molecule has 38 heavy (non-hydrogen) atoms. The van der Waals surface area contributed by atoms with Crippen LogP contribution < -0.4 is 15.0 Å². The molecular formula is C23H11Cl3N4O8. The number of nitro benzene ring substituents is 2. The number of amides is 4. The number of rotatable bonds is 6. The molecule has 192 valence electrons. The highest BCUT2D eigenvalue weighted by molar-refractivity contribution is 6.43. The van der Waals surface area contributed by atoms with E-state index in [9.17, 15) is 34.6 Å². The molecule has 1 aliphatic heterocycles. The van der Waals surface area contributed by atoms with Crippen molar-refractivity contribution < 1.29 is 29.0 Å². The Bertz CT molecular complexity index is 1590. The van der Waals surface area contributed by atoms with Crippen molar-refractivity contribution in [2.75, 3.05) is 4.90 Å². The van der Waals surface area contributed by atoms with E-state index in [2.05, 4.69) is 0 Å². The number of anilines is 1. The molecule has 1 aliphatic rings. The van der Waals surface area contributed by atoms with Gasteiger partial charge < -0.3 is 4.74 Å². The van der Waals surface area contributed by atoms with Gasteiger partial charge in [-0.3, -0.25) is 35.1 Å². The summed E-state index contributed by atoms with van der Waals surface area (Å²) in [6.45, 7) is 0. The lowest BCUT2D eigenvalue weighted by Gasteiger charge is -2.26. The monoisotopic (exact) mass is 576 g/mol. The Kier molecular flexibility index (Phi) is 7.30. The van der Waals surface area contributed by atoms with Crippen molar-refractivity contribution in [2.24, 2.45) is 0 Å². The molecule has 1 saturated heterocycles. The number of carbonyl (C=O) groups excluding carboxylic acids is 3. The van der Waals surface area contributed by atoms with Gasteiger partial charge >= 0.3 is 11.7 Å². The van der Waals surface area contributed by atoms with Gasteiger partial charge in [0.1, 0.15) is 11.3 Å². The second-order valence-electron chi connectivity index (χ2n) is 7.51. The van der Waals surface area contributed by atoms with E-state index in [-0.39, 0.29) is 37.8 Å². The lowest BCUT2D eigenvalue weighted by molar-refractivity contribution is -0.394. The number of nitrogens with one attached hydrogen (secondary N) is 1. The summed E-state index contributed by atoms with van der Waals surface area (Å²) < 4.78 is 5.64. The number of hydrogen-bond acceptors (Lipinski definition) is 8. The fourth-order valence-corrected chi connectivity index (χ4v) is 3.84. The van der Waals surface area contributed by atoms with Crippen LogP contribution >= 0.6 is 34.8 Å². The van der Waals surface area contributed by atoms with Crippen molar-refractivity contribution in [3.63, 3.8) is 0 Å². The summed E-state index contributed by atoms with van der Waals surface area (Å²) in [7, 11) is 0. The van der Waals surface area contributed by atoms with Crippen molar-refractivity contribution in [1.29, 1.82) is 0 Å². The standard InChI is InChI=1S/C23H11Cl3N4O8/c24-12-1-5-19(38-20-6-3-14(29(34)35)10-18(20)30(36)37)11(7-12)8-15-21(31)27-23(33)28(22(15)32)13-2-4-16(25)17(26)9-13/h1-10H,(H,27,31,33)/b15-8+. The van der Waals surface area contributed by atoms with Crippen molar-refractivity contribution in [3.8, 4) is 11.5 Å². The normalized spacial score (nSPS) is 14.4. The molecule has 3 aromatic carbocycles. The molecule has 0 aromatic heterocycles. The van der Waals surface area contributed by atoms with Crippen LogP contribution in [0.2, 0.25) is 15.1 Å². The van der Waals surface area contributed by atoms with Crippen LogP contribution in [0.4, 0.5) is 21.9 Å². The van der Waals surface area contributed by atoms with Crippen LogP contribution in [0.25, 0.3) is 6.08 Å². The first kappa shape index (κ1) is 26.5. The summed E-state index contributed by atoms with van der Waals surface area (Å²) in [5.74, 6) is -2.47. The third-order valence-corrected chi connectivity index (χ3v) is 6.08. The molecule has 3 aromatic rings. The first-order valence-electron chi connectivity index (χ1n) is 10.2. The number of nitrogens with zero attached hydrogens (tertiary/aromatic N) is 3. The Morgan fingerprint density at radius 3 is 2.21 bits per heavy atom. The maximum absolute atomic E-state index is 13.2. The van der Waals surface area contributed by atoms with Crippen LogP contribution in [-0.2, 0) is 9.59 Å². The van der Waals surface area contributed by atoms with Crippen molar-refractivity contribution in [2.45, 2.75) is 0 Å². The molecule has 1 fully saturated rings. The number of nitro groups is 2. The molecule has 0 unspecified atom stereocenters. The number of urea groups is 1. The van der Waals surface area contributed by atoms with E-state index < -0.39 is 44.6 Å². The maximum atomic E-state index is 13.2. The topological polar surface area (TPSA) is 162 Å². The van der Waals surface area contributed by atoms with Crippen LogP contribution in [0.5, 0.6) is 11.5 Å². The summed E-state index contributed by atoms with van der Waals surface area (Å²) in [5, 5.41) is 24.9. The van der Waals surface area contributed by atoms with E-state index >= 15 is 0 Å². The summed E-state index contributed by atoms with van der Waals surface area (Å²) >= 11 is 18.0. The molecule has 0 spiro atoms. The number of imide groups is 2. The molecule has 1 heterocycles. The van der Waals surface area contributed by atoms with E-state index in [1.54, 1.807) is 0 Å². The van der Waals surface area contributed by atoms with Gasteiger partial charge in [0.2, 0.25) is 5.75 Å². The highest BCUT2D eigenvalue weighted by Gasteiger charge is 2.37. The average Bonchev–Trinajstić information content (AvgIpc) is 2.85. The Labute approximate surface area is 227 Å². The second-order valence-corrected chi connectivity index (χ2v) is 8.76. The quantitative estimate of drug-likeness (QED) is 0.163. The predicted octanol–water partition coefficient (Wildman–Crippen LogP) is 5.92. The van der Waals surface area contributed by atoms with Gasteiger partial charge in [-0.15, -0.1) is 0 Å². The van der Waals surface area contributed by atoms with Gasteiger partial charge in [0.15, 0.2) is 0 Å². The average molecular weight is 578 g/mol. The van der Waals surface area contributed by atoms with E-state index in [4.69, 9.17) is 39.5 Å². The minimum atomic E-state index is -1.03. The van der Waals surface area contributed by atoms with E-state index in [0.29, 0.717) is 4.90 Å². The van der Waals surface area contributed by atoms with Gasteiger partial charge in [-0.05, 0) is 48.5 Å². The fourth-order valence-electron chi connectivity index (χ4n) is 3.36. The summed E-state index contributed by atoms with van der Waals surface area (Å²) in [6.07, 6.45) is 1.08. The molecular weight excluding hydrogens is 567 g/mol. The molecule has 0 saturated carbocycles. The number of halogens is 3. The lowest BCUT2D eigenvalue weighted by atomic mass is 10.1. The summed E-state index contributed by atoms with van der Waals surface area (Å²) in [4.78, 5) is 59.8. The molecule has 4 rings (SSSR count). The molecule has 12 nitrogen and oxygen atoms in total. The lowest BCUT2D eigenvalue weighted by Crippen LogP contribution is -2.54. The number of benzene rings is 3. The molecule has 1 N–H and O–H groups in total. The minimum absolute atomic E-state index is 0.0318. The fraction of sp³-hybridized carbons (Fsp3) is 0. The summed E-state index contributed by atoms with van der Waals surface area (Å²) in [6, 6.07) is 9.71. The summed E-state index contributed by atoms with van der Waals surface area (Å²) in [5.41, 5.74) is -1.66. The third-order valence-electron chi connectivity index (χ3n) is 5.10. The predicted molar refractivity (Wildman–Crippen MR) is 137 cm³/mol. The van der Waals surface area contributed by atoms with Crippen LogP contribution in [0, 0.1) is 20.2 Å². The zero-order valence-corrected chi connectivity index (χ0v) is 20.8. The number of ether oxygens (including phenoxy) is 1. The van der Waals surface area contributed by atoms with E-state index in [0.717, 1.165) is 24.3 Å². The molecule has 0 radical (unpaired) electrons. The van der Waals surface area contributed by atoms with Crippen LogP contribution in [0.15, 0.2) is 60.2 Å². The zero-order valence-electron chi connectivity index (χ0n) is 18.5. The second kappa shape index (κ2) is 10.5. The maximum Gasteiger partial charge on any atom is 0.335 e. The molecule has 15 heteroatoms. The van der Waals surface area contributed by atoms with Gasteiger partial charge in [-0.2, -0.15) is 0 Å². The van der Waals surface area contributed by atoms with Gasteiger partial charge in [0, 0.05) is 16.7 Å². The number of carbonyl (C=O) groups is 3. The molecule has 0 atom stereocenters. The zero-order chi connectivity index (χ0) is 27.7. The van der Waals surface area contributed by atoms with Gasteiger partial charge in [0.25, 0.3) is 17.5 Å². The van der Waals surface area contributed by atoms with Crippen molar-refractivity contribution in [1.82, 2.24) is 5.32 Å². The Morgan fingerprint density at radius 1 is 0.842 bits per heavy atom. The van der Waals surface area contributed by atoms with Gasteiger partial charge in [0.05, 0.1) is 31.6 Å². The van der Waals surface area contributed by atoms with Crippen LogP contribution in [-0.4, -0.2) is 27.7 Å². The Balaban J connectivity index is 1.77. The third kappa shape index (κ3) is 5.27.